The van der Waals surface area contributed by atoms with Crippen molar-refractivity contribution < 1.29 is 4.74 Å². The van der Waals surface area contributed by atoms with Crippen molar-refractivity contribution in [1.29, 1.82) is 0 Å². The van der Waals surface area contributed by atoms with Crippen LogP contribution in [0.3, 0.4) is 0 Å². The van der Waals surface area contributed by atoms with E-state index in [4.69, 9.17) is 10.5 Å². The zero-order chi connectivity index (χ0) is 17.4. The highest BCUT2D eigenvalue weighted by atomic mass is 32.1. The minimum absolute atomic E-state index is 0.479. The monoisotopic (exact) mass is 350 g/mol. The van der Waals surface area contributed by atoms with Gasteiger partial charge in [0.25, 0.3) is 0 Å². The zero-order valence-corrected chi connectivity index (χ0v) is 14.9. The molecule has 0 aliphatic rings. The minimum atomic E-state index is 0.479. The highest BCUT2D eigenvalue weighted by Crippen LogP contribution is 2.31. The predicted octanol–water partition coefficient (Wildman–Crippen LogP) is 3.92. The first kappa shape index (κ1) is 15.8. The molecule has 0 amide bonds. The van der Waals surface area contributed by atoms with Gasteiger partial charge in [-0.15, -0.1) is 11.3 Å². The van der Waals surface area contributed by atoms with Crippen LogP contribution >= 0.6 is 11.3 Å². The molecular weight excluding hydrogens is 332 g/mol. The highest BCUT2D eigenvalue weighted by Gasteiger charge is 2.15. The summed E-state index contributed by atoms with van der Waals surface area (Å²) in [5.74, 6) is 1.71. The number of benzene rings is 1. The van der Waals surface area contributed by atoms with Gasteiger partial charge in [-0.05, 0) is 48.2 Å². The second-order valence-electron chi connectivity index (χ2n) is 5.91. The average molecular weight is 350 g/mol. The number of hydrogen-bond acceptors (Lipinski definition) is 6. The number of nitrogens with zero attached hydrogens (tertiary/aromatic N) is 3. The van der Waals surface area contributed by atoms with E-state index in [2.05, 4.69) is 44.6 Å². The standard InChI is InChI=1S/C19H18N4OS/c1-11-22-15-10-21-19(24-2)14(17(15)18(20)23-11)7-6-12-4-3-5-16-13(12)8-9-25-16/h3-5,8-10H,6-7H2,1-2H3,(H2,20,22,23). The van der Waals surface area contributed by atoms with Crippen LogP contribution in [0.4, 0.5) is 5.82 Å². The Balaban J connectivity index is 1.79. The van der Waals surface area contributed by atoms with Crippen LogP contribution < -0.4 is 10.5 Å². The molecule has 25 heavy (non-hydrogen) atoms. The van der Waals surface area contributed by atoms with E-state index in [-0.39, 0.29) is 0 Å². The number of aromatic nitrogens is 3. The van der Waals surface area contributed by atoms with Gasteiger partial charge in [-0.1, -0.05) is 12.1 Å². The molecule has 0 atom stereocenters. The van der Waals surface area contributed by atoms with E-state index in [0.29, 0.717) is 17.5 Å². The minimum Gasteiger partial charge on any atom is -0.481 e. The van der Waals surface area contributed by atoms with Crippen molar-refractivity contribution in [2.24, 2.45) is 0 Å². The van der Waals surface area contributed by atoms with Gasteiger partial charge in [-0.25, -0.2) is 15.0 Å². The lowest BCUT2D eigenvalue weighted by Gasteiger charge is -2.13. The molecule has 6 heteroatoms. The van der Waals surface area contributed by atoms with Crippen LogP contribution in [-0.4, -0.2) is 22.1 Å². The third-order valence-electron chi connectivity index (χ3n) is 4.36. The number of aryl methyl sites for hydroxylation is 3. The van der Waals surface area contributed by atoms with Crippen LogP contribution in [0.2, 0.25) is 0 Å². The number of hydrogen-bond donors (Lipinski definition) is 1. The summed E-state index contributed by atoms with van der Waals surface area (Å²) in [6.07, 6.45) is 3.33. The Morgan fingerprint density at radius 2 is 2.04 bits per heavy atom. The fourth-order valence-electron chi connectivity index (χ4n) is 3.27. The molecule has 0 saturated carbocycles. The number of rotatable bonds is 4. The van der Waals surface area contributed by atoms with Crippen molar-refractivity contribution in [3.63, 3.8) is 0 Å². The van der Waals surface area contributed by atoms with Crippen molar-refractivity contribution in [3.05, 3.63) is 52.8 Å². The van der Waals surface area contributed by atoms with Crippen molar-refractivity contribution in [3.8, 4) is 5.88 Å². The summed E-state index contributed by atoms with van der Waals surface area (Å²) >= 11 is 1.76. The van der Waals surface area contributed by atoms with Crippen LogP contribution in [-0.2, 0) is 12.8 Å². The van der Waals surface area contributed by atoms with Crippen LogP contribution in [0.5, 0.6) is 5.88 Å². The molecular formula is C19H18N4OS. The molecule has 0 aliphatic heterocycles. The number of pyridine rings is 1. The lowest BCUT2D eigenvalue weighted by molar-refractivity contribution is 0.393. The Labute approximate surface area is 149 Å². The van der Waals surface area contributed by atoms with E-state index in [1.807, 2.05) is 6.92 Å². The first-order chi connectivity index (χ1) is 12.2. The van der Waals surface area contributed by atoms with E-state index < -0.39 is 0 Å². The fraction of sp³-hybridized carbons (Fsp3) is 0.211. The number of thiophene rings is 1. The Bertz CT molecular complexity index is 1070. The van der Waals surface area contributed by atoms with Crippen LogP contribution in [0.25, 0.3) is 21.0 Å². The summed E-state index contributed by atoms with van der Waals surface area (Å²) in [5, 5.41) is 4.28. The van der Waals surface area contributed by atoms with Gasteiger partial charge < -0.3 is 10.5 Å². The van der Waals surface area contributed by atoms with Crippen LogP contribution in [0, 0.1) is 6.92 Å². The van der Waals surface area contributed by atoms with E-state index in [1.54, 1.807) is 24.6 Å². The van der Waals surface area contributed by atoms with Gasteiger partial charge in [0.2, 0.25) is 5.88 Å². The smallest absolute Gasteiger partial charge is 0.217 e. The lowest BCUT2D eigenvalue weighted by Crippen LogP contribution is -2.05. The Kier molecular flexibility index (Phi) is 3.97. The molecule has 0 saturated heterocycles. The summed E-state index contributed by atoms with van der Waals surface area (Å²) in [4.78, 5) is 13.2. The molecule has 0 bridgehead atoms. The summed E-state index contributed by atoms with van der Waals surface area (Å²) in [6, 6.07) is 8.60. The quantitative estimate of drug-likeness (QED) is 0.604. The Morgan fingerprint density at radius 1 is 1.16 bits per heavy atom. The maximum Gasteiger partial charge on any atom is 0.217 e. The predicted molar refractivity (Wildman–Crippen MR) is 102 cm³/mol. The summed E-state index contributed by atoms with van der Waals surface area (Å²) in [7, 11) is 1.63. The number of methoxy groups -OCH3 is 1. The number of anilines is 1. The van der Waals surface area contributed by atoms with Gasteiger partial charge in [0.1, 0.15) is 11.6 Å². The molecule has 0 spiro atoms. The molecule has 0 radical (unpaired) electrons. The molecule has 4 aromatic rings. The molecule has 4 rings (SSSR count). The van der Waals surface area contributed by atoms with E-state index >= 15 is 0 Å². The van der Waals surface area contributed by atoms with Gasteiger partial charge in [-0.3, -0.25) is 0 Å². The van der Waals surface area contributed by atoms with Gasteiger partial charge >= 0.3 is 0 Å². The maximum atomic E-state index is 6.19. The molecule has 2 N–H and O–H groups in total. The third-order valence-corrected chi connectivity index (χ3v) is 5.25. The lowest BCUT2D eigenvalue weighted by atomic mass is 10.00. The fourth-order valence-corrected chi connectivity index (χ4v) is 4.10. The Morgan fingerprint density at radius 3 is 2.88 bits per heavy atom. The van der Waals surface area contributed by atoms with Gasteiger partial charge in [0.15, 0.2) is 0 Å². The van der Waals surface area contributed by atoms with Crippen LogP contribution in [0.1, 0.15) is 17.0 Å². The number of nitrogen functional groups attached to an aromatic ring is 1. The number of fused-ring (bicyclic) bond motifs is 2. The molecule has 126 valence electrons. The first-order valence-corrected chi connectivity index (χ1v) is 8.96. The summed E-state index contributed by atoms with van der Waals surface area (Å²) < 4.78 is 6.78. The molecule has 1 aromatic carbocycles. The second-order valence-corrected chi connectivity index (χ2v) is 6.86. The van der Waals surface area contributed by atoms with Crippen LogP contribution in [0.15, 0.2) is 35.8 Å². The normalized spacial score (nSPS) is 11.3. The van der Waals surface area contributed by atoms with Crippen molar-refractivity contribution in [2.75, 3.05) is 12.8 Å². The number of ether oxygens (including phenoxy) is 1. The van der Waals surface area contributed by atoms with E-state index in [0.717, 1.165) is 29.3 Å². The first-order valence-electron chi connectivity index (χ1n) is 8.08. The summed E-state index contributed by atoms with van der Waals surface area (Å²) in [6.45, 7) is 1.83. The molecule has 0 fully saturated rings. The number of nitrogens with two attached hydrogens (primary N) is 1. The SMILES string of the molecule is COc1ncc2nc(C)nc(N)c2c1CCc1cccc2sccc12. The van der Waals surface area contributed by atoms with E-state index in [9.17, 15) is 0 Å². The molecule has 0 unspecified atom stereocenters. The van der Waals surface area contributed by atoms with E-state index in [1.165, 1.54) is 15.6 Å². The molecule has 3 aromatic heterocycles. The second kappa shape index (κ2) is 6.29. The molecule has 0 aliphatic carbocycles. The van der Waals surface area contributed by atoms with Gasteiger partial charge in [0, 0.05) is 10.3 Å². The Hall–Kier alpha value is -2.73. The van der Waals surface area contributed by atoms with Gasteiger partial charge in [-0.2, -0.15) is 0 Å². The third kappa shape index (κ3) is 2.78. The molecule has 5 nitrogen and oxygen atoms in total. The van der Waals surface area contributed by atoms with Crippen molar-refractivity contribution in [1.82, 2.24) is 15.0 Å². The summed E-state index contributed by atoms with van der Waals surface area (Å²) in [5.41, 5.74) is 9.22. The highest BCUT2D eigenvalue weighted by molar-refractivity contribution is 7.17. The maximum absolute atomic E-state index is 6.19. The topological polar surface area (TPSA) is 73.9 Å². The average Bonchev–Trinajstić information content (AvgIpc) is 3.08. The van der Waals surface area contributed by atoms with Gasteiger partial charge in [0.05, 0.1) is 24.2 Å². The zero-order valence-electron chi connectivity index (χ0n) is 14.1. The van der Waals surface area contributed by atoms with Crippen molar-refractivity contribution in [2.45, 2.75) is 19.8 Å². The largest absolute Gasteiger partial charge is 0.481 e. The van der Waals surface area contributed by atoms with Crippen molar-refractivity contribution >= 4 is 38.1 Å². The molecule has 3 heterocycles.